The number of benzene rings is 3. The van der Waals surface area contributed by atoms with E-state index in [4.69, 9.17) is 34.8 Å². The summed E-state index contributed by atoms with van der Waals surface area (Å²) in [6.07, 6.45) is -4.83. The molecule has 0 radical (unpaired) electrons. The molecular formula is C24H13Cl3F6N2O2. The molecular weight excluding hydrogens is 569 g/mol. The van der Waals surface area contributed by atoms with Crippen LogP contribution in [0.15, 0.2) is 54.6 Å². The lowest BCUT2D eigenvalue weighted by Gasteiger charge is -2.11. The molecule has 3 aromatic rings. The van der Waals surface area contributed by atoms with Gasteiger partial charge in [0.1, 0.15) is 21.8 Å². The number of hydrogen-bond acceptors (Lipinski definition) is 2. The molecule has 37 heavy (non-hydrogen) atoms. The summed E-state index contributed by atoms with van der Waals surface area (Å²) in [4.78, 5) is 25.5. The van der Waals surface area contributed by atoms with Gasteiger partial charge in [0, 0.05) is 17.7 Å². The normalized spacial score (nSPS) is 18.3. The van der Waals surface area contributed by atoms with Crippen molar-refractivity contribution in [1.29, 1.82) is 0 Å². The van der Waals surface area contributed by atoms with Crippen molar-refractivity contribution in [3.63, 3.8) is 0 Å². The van der Waals surface area contributed by atoms with Crippen LogP contribution in [0, 0.1) is 23.4 Å². The van der Waals surface area contributed by atoms with E-state index in [9.17, 15) is 35.9 Å². The Balaban J connectivity index is 1.53. The molecule has 4 nitrogen and oxygen atoms in total. The molecule has 1 fully saturated rings. The Hall–Kier alpha value is -2.95. The van der Waals surface area contributed by atoms with Crippen molar-refractivity contribution in [2.45, 2.75) is 16.4 Å². The standard InChI is InChI=1S/C24H13Cl3F6N2O2/c25-16-3-2-14(9-15(16)21(36)35-18-4-1-12(28)8-17(18)30)34-22(37)20-19(23(20,26)27)10-5-11(24(31,32)33)7-13(29)6-10/h1-9,19-20H,(H,34,37)(H,35,36)/t19-,20+/m0/s1. The van der Waals surface area contributed by atoms with E-state index in [0.717, 1.165) is 24.3 Å². The van der Waals surface area contributed by atoms with Crippen LogP contribution in [0.25, 0.3) is 0 Å². The Morgan fingerprint density at radius 2 is 1.57 bits per heavy atom. The molecule has 0 aromatic heterocycles. The van der Waals surface area contributed by atoms with Crippen LogP contribution in [0.4, 0.5) is 37.7 Å². The van der Waals surface area contributed by atoms with Gasteiger partial charge in [-0.2, -0.15) is 13.2 Å². The van der Waals surface area contributed by atoms with Gasteiger partial charge < -0.3 is 10.6 Å². The molecule has 1 aliphatic rings. The van der Waals surface area contributed by atoms with Crippen LogP contribution in [-0.2, 0) is 11.0 Å². The van der Waals surface area contributed by atoms with Gasteiger partial charge in [-0.3, -0.25) is 9.59 Å². The number of nitrogens with one attached hydrogen (secondary N) is 2. The minimum atomic E-state index is -4.83. The zero-order valence-electron chi connectivity index (χ0n) is 18.1. The average molecular weight is 582 g/mol. The molecule has 0 spiro atoms. The first-order chi connectivity index (χ1) is 17.2. The molecule has 194 valence electrons. The first-order valence-electron chi connectivity index (χ1n) is 10.3. The topological polar surface area (TPSA) is 58.2 Å². The predicted octanol–water partition coefficient (Wildman–Crippen LogP) is 7.55. The molecule has 4 rings (SSSR count). The van der Waals surface area contributed by atoms with Crippen molar-refractivity contribution in [3.05, 3.63) is 93.8 Å². The predicted molar refractivity (Wildman–Crippen MR) is 126 cm³/mol. The third-order valence-electron chi connectivity index (χ3n) is 5.60. The van der Waals surface area contributed by atoms with Gasteiger partial charge >= 0.3 is 6.18 Å². The van der Waals surface area contributed by atoms with Gasteiger partial charge in [-0.1, -0.05) is 11.6 Å². The second-order valence-electron chi connectivity index (χ2n) is 8.16. The van der Waals surface area contributed by atoms with E-state index >= 15 is 0 Å². The van der Waals surface area contributed by atoms with Gasteiger partial charge in [0.2, 0.25) is 5.91 Å². The Morgan fingerprint density at radius 3 is 2.22 bits per heavy atom. The fourth-order valence-electron chi connectivity index (χ4n) is 3.80. The molecule has 1 aliphatic carbocycles. The van der Waals surface area contributed by atoms with Gasteiger partial charge in [-0.25, -0.2) is 13.2 Å². The Labute approximate surface area is 220 Å². The lowest BCUT2D eigenvalue weighted by atomic mass is 10.0. The number of carbonyl (C=O) groups excluding carboxylic acids is 2. The molecule has 2 N–H and O–H groups in total. The summed E-state index contributed by atoms with van der Waals surface area (Å²) in [6, 6.07) is 8.03. The zero-order chi connectivity index (χ0) is 27.3. The largest absolute Gasteiger partial charge is 0.416 e. The number of hydrogen-bond donors (Lipinski definition) is 2. The summed E-state index contributed by atoms with van der Waals surface area (Å²) in [6.45, 7) is 0. The summed E-state index contributed by atoms with van der Waals surface area (Å²) in [7, 11) is 0. The van der Waals surface area contributed by atoms with Crippen molar-refractivity contribution in [1.82, 2.24) is 0 Å². The maximum atomic E-state index is 13.9. The highest BCUT2D eigenvalue weighted by Gasteiger charge is 2.67. The highest BCUT2D eigenvalue weighted by molar-refractivity contribution is 6.53. The molecule has 0 heterocycles. The Morgan fingerprint density at radius 1 is 0.865 bits per heavy atom. The number of carbonyl (C=O) groups is 2. The number of rotatable bonds is 5. The van der Waals surface area contributed by atoms with Gasteiger partial charge in [-0.05, 0) is 54.1 Å². The third-order valence-corrected chi connectivity index (χ3v) is 6.87. The number of halogens is 9. The van der Waals surface area contributed by atoms with Crippen LogP contribution < -0.4 is 10.6 Å². The Kier molecular flexibility index (Phi) is 7.13. The number of alkyl halides is 5. The van der Waals surface area contributed by atoms with Crippen molar-refractivity contribution < 1.29 is 35.9 Å². The second-order valence-corrected chi connectivity index (χ2v) is 10.0. The van der Waals surface area contributed by atoms with Gasteiger partial charge in [-0.15, -0.1) is 23.2 Å². The molecule has 0 saturated heterocycles. The quantitative estimate of drug-likeness (QED) is 0.241. The van der Waals surface area contributed by atoms with Crippen molar-refractivity contribution in [2.75, 3.05) is 10.6 Å². The third kappa shape index (κ3) is 5.66. The number of anilines is 2. The summed E-state index contributed by atoms with van der Waals surface area (Å²) in [5.41, 5.74) is -1.94. The lowest BCUT2D eigenvalue weighted by molar-refractivity contribution is -0.137. The van der Waals surface area contributed by atoms with Crippen LogP contribution in [0.1, 0.15) is 27.4 Å². The second kappa shape index (κ2) is 9.74. The minimum Gasteiger partial charge on any atom is -0.326 e. The van der Waals surface area contributed by atoms with Crippen molar-refractivity contribution >= 4 is 58.0 Å². The first-order valence-corrected chi connectivity index (χ1v) is 11.4. The highest BCUT2D eigenvalue weighted by Crippen LogP contribution is 2.65. The molecule has 2 atom stereocenters. The molecule has 13 heteroatoms. The number of amides is 2. The van der Waals surface area contributed by atoms with E-state index in [1.807, 2.05) is 0 Å². The monoisotopic (exact) mass is 580 g/mol. The van der Waals surface area contributed by atoms with Crippen LogP contribution >= 0.6 is 34.8 Å². The minimum absolute atomic E-state index is 0.0316. The molecule has 0 unspecified atom stereocenters. The summed E-state index contributed by atoms with van der Waals surface area (Å²) >= 11 is 18.4. The van der Waals surface area contributed by atoms with Crippen LogP contribution in [0.3, 0.4) is 0 Å². The maximum Gasteiger partial charge on any atom is 0.416 e. The smallest absolute Gasteiger partial charge is 0.326 e. The van der Waals surface area contributed by atoms with E-state index < -0.39 is 57.2 Å². The Bertz CT molecular complexity index is 1410. The van der Waals surface area contributed by atoms with E-state index in [1.165, 1.54) is 12.1 Å². The fraction of sp³-hybridized carbons (Fsp3) is 0.167. The molecule has 0 aliphatic heterocycles. The molecule has 0 bridgehead atoms. The zero-order valence-corrected chi connectivity index (χ0v) is 20.3. The molecule has 1 saturated carbocycles. The maximum absolute atomic E-state index is 13.9. The summed E-state index contributed by atoms with van der Waals surface area (Å²) in [5, 5.41) is 4.60. The summed E-state index contributed by atoms with van der Waals surface area (Å²) < 4.78 is 78.3. The average Bonchev–Trinajstić information content (AvgIpc) is 3.38. The van der Waals surface area contributed by atoms with E-state index in [2.05, 4.69) is 10.6 Å². The fourth-order valence-corrected chi connectivity index (χ4v) is 4.83. The van der Waals surface area contributed by atoms with Gasteiger partial charge in [0.15, 0.2) is 0 Å². The van der Waals surface area contributed by atoms with Crippen molar-refractivity contribution in [3.8, 4) is 0 Å². The van der Waals surface area contributed by atoms with E-state index in [0.29, 0.717) is 18.2 Å². The van der Waals surface area contributed by atoms with Crippen LogP contribution in [0.2, 0.25) is 5.02 Å². The van der Waals surface area contributed by atoms with Crippen LogP contribution in [-0.4, -0.2) is 16.1 Å². The summed E-state index contributed by atoms with van der Waals surface area (Å²) in [5.74, 6) is -7.14. The molecule has 2 amide bonds. The highest BCUT2D eigenvalue weighted by atomic mass is 35.5. The van der Waals surface area contributed by atoms with E-state index in [-0.39, 0.29) is 27.5 Å². The SMILES string of the molecule is O=C(Nc1ccc(F)cc1F)c1cc(NC(=O)[C@H]2[C@H](c3cc(F)cc(C(F)(F)F)c3)C2(Cl)Cl)ccc1Cl. The first kappa shape index (κ1) is 27.1. The lowest BCUT2D eigenvalue weighted by Crippen LogP contribution is -2.18. The van der Waals surface area contributed by atoms with Gasteiger partial charge in [0.25, 0.3) is 5.91 Å². The van der Waals surface area contributed by atoms with E-state index in [1.54, 1.807) is 0 Å². The van der Waals surface area contributed by atoms with Crippen LogP contribution in [0.5, 0.6) is 0 Å². The van der Waals surface area contributed by atoms with Gasteiger partial charge in [0.05, 0.1) is 27.8 Å². The van der Waals surface area contributed by atoms with Crippen molar-refractivity contribution in [2.24, 2.45) is 5.92 Å². The molecule has 3 aromatic carbocycles.